The molecule has 0 aliphatic carbocycles. The molecule has 0 atom stereocenters. The van der Waals surface area contributed by atoms with Gasteiger partial charge in [-0.25, -0.2) is 0 Å². The van der Waals surface area contributed by atoms with E-state index >= 15 is 0 Å². The van der Waals surface area contributed by atoms with Crippen LogP contribution in [0.3, 0.4) is 0 Å². The Kier molecular flexibility index (Phi) is 8.66. The lowest BCUT2D eigenvalue weighted by molar-refractivity contribution is -0.114. The number of nitrogens with one attached hydrogen (secondary N) is 1. The summed E-state index contributed by atoms with van der Waals surface area (Å²) >= 11 is 0. The number of hydrogen-bond donors (Lipinski definition) is 2. The number of nitrogens with zero attached hydrogens (tertiary/aromatic N) is 3. The Bertz CT molecular complexity index is 423. The van der Waals surface area contributed by atoms with Crippen molar-refractivity contribution in [3.8, 4) is 5.75 Å². The van der Waals surface area contributed by atoms with Gasteiger partial charge in [0.25, 0.3) is 0 Å². The number of azide groups is 1. The largest absolute Gasteiger partial charge is 0.508 e. The van der Waals surface area contributed by atoms with Crippen LogP contribution in [0.1, 0.15) is 27.2 Å². The fourth-order valence-corrected chi connectivity index (χ4v) is 1.11. The molecule has 19 heavy (non-hydrogen) atoms. The van der Waals surface area contributed by atoms with E-state index in [0.717, 1.165) is 6.42 Å². The molecule has 0 fully saturated rings. The zero-order chi connectivity index (χ0) is 14.7. The number of benzene rings is 1. The molecular formula is C13H20N4O2. The molecule has 0 bridgehead atoms. The van der Waals surface area contributed by atoms with Crippen LogP contribution in [0.15, 0.2) is 29.4 Å². The first-order valence-electron chi connectivity index (χ1n) is 6.03. The molecule has 1 amide bonds. The van der Waals surface area contributed by atoms with Gasteiger partial charge in [-0.1, -0.05) is 19.0 Å². The molecule has 0 aliphatic heterocycles. The van der Waals surface area contributed by atoms with Gasteiger partial charge in [0.2, 0.25) is 5.91 Å². The van der Waals surface area contributed by atoms with E-state index in [-0.39, 0.29) is 11.7 Å². The number of amides is 1. The van der Waals surface area contributed by atoms with Gasteiger partial charge in [0.1, 0.15) is 5.75 Å². The second-order valence-corrected chi connectivity index (χ2v) is 4.37. The third-order valence-electron chi connectivity index (χ3n) is 2.06. The highest BCUT2D eigenvalue weighted by atomic mass is 16.3. The van der Waals surface area contributed by atoms with Crippen molar-refractivity contribution in [3.63, 3.8) is 0 Å². The second kappa shape index (κ2) is 9.79. The van der Waals surface area contributed by atoms with Crippen LogP contribution < -0.4 is 5.32 Å². The average Bonchev–Trinajstić information content (AvgIpc) is 2.32. The van der Waals surface area contributed by atoms with Crippen molar-refractivity contribution in [1.82, 2.24) is 0 Å². The molecule has 6 nitrogen and oxygen atoms in total. The Morgan fingerprint density at radius 1 is 1.42 bits per heavy atom. The molecule has 2 N–H and O–H groups in total. The lowest BCUT2D eigenvalue weighted by atomic mass is 10.1. The van der Waals surface area contributed by atoms with Crippen LogP contribution in [0, 0.1) is 5.92 Å². The Balaban J connectivity index is 0.000000362. The van der Waals surface area contributed by atoms with Crippen molar-refractivity contribution in [1.29, 1.82) is 0 Å². The minimum Gasteiger partial charge on any atom is -0.508 e. The minimum absolute atomic E-state index is 0.115. The molecule has 0 heterocycles. The number of anilines is 1. The summed E-state index contributed by atoms with van der Waals surface area (Å²) in [5.74, 6) is 0.718. The summed E-state index contributed by atoms with van der Waals surface area (Å²) in [5, 5.41) is 14.9. The highest BCUT2D eigenvalue weighted by Crippen LogP contribution is 2.13. The van der Waals surface area contributed by atoms with E-state index in [0.29, 0.717) is 18.2 Å². The zero-order valence-electron chi connectivity index (χ0n) is 11.5. The molecule has 0 spiro atoms. The summed E-state index contributed by atoms with van der Waals surface area (Å²) in [6.45, 7) is 6.28. The molecule has 6 heteroatoms. The number of carbonyl (C=O) groups is 1. The number of phenolic OH excluding ortho intramolecular Hbond substituents is 1. The summed E-state index contributed by atoms with van der Waals surface area (Å²) in [7, 11) is 0. The molecule has 0 radical (unpaired) electrons. The molecule has 104 valence electrons. The Hall–Kier alpha value is -2.20. The first kappa shape index (κ1) is 16.8. The molecule has 0 saturated heterocycles. The quantitative estimate of drug-likeness (QED) is 0.375. The highest BCUT2D eigenvalue weighted by Gasteiger charge is 1.93. The molecule has 1 aromatic carbocycles. The van der Waals surface area contributed by atoms with Crippen molar-refractivity contribution in [3.05, 3.63) is 34.7 Å². The van der Waals surface area contributed by atoms with Crippen molar-refractivity contribution < 1.29 is 9.90 Å². The van der Waals surface area contributed by atoms with Crippen LogP contribution in [0.25, 0.3) is 10.4 Å². The first-order chi connectivity index (χ1) is 8.95. The molecule has 1 aromatic rings. The highest BCUT2D eigenvalue weighted by molar-refractivity contribution is 5.88. The third-order valence-corrected chi connectivity index (χ3v) is 2.06. The molecule has 0 aromatic heterocycles. The van der Waals surface area contributed by atoms with Crippen LogP contribution in [-0.2, 0) is 4.79 Å². The Morgan fingerprint density at radius 2 is 2.00 bits per heavy atom. The number of rotatable bonds is 4. The summed E-state index contributed by atoms with van der Waals surface area (Å²) in [4.78, 5) is 13.2. The van der Waals surface area contributed by atoms with Crippen LogP contribution in [-0.4, -0.2) is 17.6 Å². The van der Waals surface area contributed by atoms with Gasteiger partial charge in [-0.05, 0) is 42.1 Å². The first-order valence-corrected chi connectivity index (χ1v) is 6.03. The average molecular weight is 264 g/mol. The van der Waals surface area contributed by atoms with E-state index in [4.69, 9.17) is 10.6 Å². The maximum atomic E-state index is 10.5. The van der Waals surface area contributed by atoms with E-state index in [9.17, 15) is 4.79 Å². The van der Waals surface area contributed by atoms with E-state index in [1.54, 1.807) is 12.1 Å². The number of hydrogen-bond acceptors (Lipinski definition) is 3. The minimum atomic E-state index is -0.115. The predicted molar refractivity (Wildman–Crippen MR) is 75.9 cm³/mol. The molecule has 0 saturated carbocycles. The number of carbonyl (C=O) groups excluding carboxylic acids is 1. The summed E-state index contributed by atoms with van der Waals surface area (Å²) in [6, 6.07) is 6.31. The van der Waals surface area contributed by atoms with Crippen molar-refractivity contribution in [2.75, 3.05) is 11.9 Å². The fraction of sp³-hybridized carbons (Fsp3) is 0.462. The Labute approximate surface area is 113 Å². The van der Waals surface area contributed by atoms with Gasteiger partial charge in [-0.15, -0.1) is 0 Å². The molecular weight excluding hydrogens is 244 g/mol. The van der Waals surface area contributed by atoms with E-state index in [1.165, 1.54) is 19.1 Å². The lowest BCUT2D eigenvalue weighted by Gasteiger charge is -1.99. The van der Waals surface area contributed by atoms with Gasteiger partial charge in [-0.2, -0.15) is 0 Å². The SMILES string of the molecule is CC(=O)Nc1ccc(O)cc1.CC(C)CCN=[N+]=[N-]. The number of phenols is 1. The summed E-state index contributed by atoms with van der Waals surface area (Å²) in [6.07, 6.45) is 0.990. The van der Waals surface area contributed by atoms with Crippen molar-refractivity contribution in [2.24, 2.45) is 11.0 Å². The fourth-order valence-electron chi connectivity index (χ4n) is 1.11. The third kappa shape index (κ3) is 10.7. The van der Waals surface area contributed by atoms with Crippen LogP contribution in [0.2, 0.25) is 0 Å². The molecule has 1 rings (SSSR count). The van der Waals surface area contributed by atoms with Gasteiger partial charge in [0.05, 0.1) is 0 Å². The van der Waals surface area contributed by atoms with E-state index in [2.05, 4.69) is 29.2 Å². The number of aromatic hydroxyl groups is 1. The second-order valence-electron chi connectivity index (χ2n) is 4.37. The standard InChI is InChI=1S/C8H9NO2.C5H11N3/c1-6(10)9-7-2-4-8(11)5-3-7;1-5(2)3-4-7-8-6/h2-5,11H,1H3,(H,9,10);5H,3-4H2,1-2H3. The van der Waals surface area contributed by atoms with E-state index in [1.807, 2.05) is 0 Å². The maximum absolute atomic E-state index is 10.5. The monoisotopic (exact) mass is 264 g/mol. The predicted octanol–water partition coefficient (Wildman–Crippen LogP) is 3.69. The van der Waals surface area contributed by atoms with Crippen molar-refractivity contribution >= 4 is 11.6 Å². The van der Waals surface area contributed by atoms with Crippen LogP contribution >= 0.6 is 0 Å². The zero-order valence-corrected chi connectivity index (χ0v) is 11.5. The normalized spacial score (nSPS) is 9.05. The summed E-state index contributed by atoms with van der Waals surface area (Å²) < 4.78 is 0. The maximum Gasteiger partial charge on any atom is 0.221 e. The van der Waals surface area contributed by atoms with Crippen LogP contribution in [0.5, 0.6) is 5.75 Å². The van der Waals surface area contributed by atoms with Gasteiger partial charge in [0.15, 0.2) is 0 Å². The van der Waals surface area contributed by atoms with Gasteiger partial charge in [-0.3, -0.25) is 4.79 Å². The Morgan fingerprint density at radius 3 is 2.42 bits per heavy atom. The van der Waals surface area contributed by atoms with Gasteiger partial charge >= 0.3 is 0 Å². The van der Waals surface area contributed by atoms with Crippen molar-refractivity contribution in [2.45, 2.75) is 27.2 Å². The summed E-state index contributed by atoms with van der Waals surface area (Å²) in [5.41, 5.74) is 8.53. The van der Waals surface area contributed by atoms with E-state index < -0.39 is 0 Å². The van der Waals surface area contributed by atoms with Crippen LogP contribution in [0.4, 0.5) is 5.69 Å². The van der Waals surface area contributed by atoms with Gasteiger partial charge in [0, 0.05) is 24.1 Å². The smallest absolute Gasteiger partial charge is 0.221 e. The van der Waals surface area contributed by atoms with Gasteiger partial charge < -0.3 is 10.4 Å². The molecule has 0 unspecified atom stereocenters. The lowest BCUT2D eigenvalue weighted by Crippen LogP contribution is -2.04. The topological polar surface area (TPSA) is 98.1 Å². The molecule has 0 aliphatic rings.